The molecule has 8 rings (SSSR count). The molecule has 5 N–H and O–H groups in total. The Labute approximate surface area is 412 Å². The zero-order valence-corrected chi connectivity index (χ0v) is 40.0. The molecule has 0 saturated carbocycles. The van der Waals surface area contributed by atoms with Gasteiger partial charge in [0.2, 0.25) is 11.8 Å². The molecule has 0 spiro atoms. The van der Waals surface area contributed by atoms with E-state index in [1.807, 2.05) is 121 Å². The molecule has 15 nitrogen and oxygen atoms in total. The van der Waals surface area contributed by atoms with Crippen LogP contribution in [0.4, 0.5) is 34.4 Å². The molecule has 8 aromatic rings. The fraction of sp³-hybridized carbons (Fsp3) is 0.143. The largest absolute Gasteiger partial charge is 0.462 e. The van der Waals surface area contributed by atoms with E-state index in [9.17, 15) is 19.2 Å². The van der Waals surface area contributed by atoms with E-state index in [2.05, 4.69) is 41.7 Å². The average Bonchev–Trinajstić information content (AvgIpc) is 3.38. The quantitative estimate of drug-likeness (QED) is 0.0644. The second-order valence-corrected chi connectivity index (χ2v) is 15.3. The van der Waals surface area contributed by atoms with Gasteiger partial charge in [-0.25, -0.2) is 9.59 Å². The van der Waals surface area contributed by atoms with Crippen LogP contribution in [0.25, 0.3) is 44.8 Å². The Kier molecular flexibility index (Phi) is 18.7. The zero-order chi connectivity index (χ0) is 50.5. The van der Waals surface area contributed by atoms with Crippen LogP contribution < -0.4 is 21.3 Å². The molecule has 2 amide bonds. The summed E-state index contributed by atoms with van der Waals surface area (Å²) in [5.41, 5.74) is 9.06. The summed E-state index contributed by atoms with van der Waals surface area (Å²) in [6, 6.07) is 52.6. The third-order valence-electron chi connectivity index (χ3n) is 10.1. The minimum Gasteiger partial charge on any atom is -0.462 e. The van der Waals surface area contributed by atoms with Gasteiger partial charge in [-0.3, -0.25) is 9.59 Å². The first-order chi connectivity index (χ1) is 34.5. The van der Waals surface area contributed by atoms with Crippen LogP contribution in [-0.4, -0.2) is 69.1 Å². The number of ether oxygens (including phenoxy) is 2. The molecule has 71 heavy (non-hydrogen) atoms. The van der Waals surface area contributed by atoms with Gasteiger partial charge in [-0.2, -0.15) is 0 Å². The van der Waals surface area contributed by atoms with Crippen LogP contribution in [0.2, 0.25) is 0 Å². The lowest BCUT2D eigenvalue weighted by Crippen LogP contribution is -2.13. The van der Waals surface area contributed by atoms with E-state index in [1.54, 1.807) is 69.3 Å². The topological polar surface area (TPSA) is 207 Å². The lowest BCUT2D eigenvalue weighted by molar-refractivity contribution is -0.115. The molecular weight excluding hydrogens is 897 g/mol. The third kappa shape index (κ3) is 14.0. The van der Waals surface area contributed by atoms with Crippen molar-refractivity contribution in [3.8, 4) is 44.8 Å². The van der Waals surface area contributed by atoms with Gasteiger partial charge in [-0.15, -0.1) is 20.4 Å². The molecule has 360 valence electrons. The molecule has 0 aliphatic carbocycles. The smallest absolute Gasteiger partial charge is 0.342 e. The molecule has 15 heteroatoms. The Morgan fingerprint density at radius 3 is 0.986 bits per heavy atom. The van der Waals surface area contributed by atoms with E-state index in [0.717, 1.165) is 22.3 Å². The fourth-order valence-corrected chi connectivity index (χ4v) is 7.17. The number of carbonyl (C=O) groups is 4. The maximum Gasteiger partial charge on any atom is 0.342 e. The number of nitrogens with one attached hydrogen (secondary N) is 4. The first-order valence-corrected chi connectivity index (χ1v) is 22.8. The van der Waals surface area contributed by atoms with Crippen LogP contribution in [0.1, 0.15) is 55.3 Å². The second-order valence-electron chi connectivity index (χ2n) is 15.3. The molecule has 0 atom stereocenters. The van der Waals surface area contributed by atoms with Crippen molar-refractivity contribution < 1.29 is 33.8 Å². The number of nitrogens with zero attached hydrogens (tertiary/aromatic N) is 4. The summed E-state index contributed by atoms with van der Waals surface area (Å²) in [7, 11) is 0. The van der Waals surface area contributed by atoms with E-state index in [0.29, 0.717) is 56.4 Å². The monoisotopic (exact) mass is 950 g/mol. The predicted molar refractivity (Wildman–Crippen MR) is 279 cm³/mol. The number of aliphatic hydroxyl groups is 1. The SMILES string of the molecule is CCO.CCOC(=O)c1c(Nc2ccc(NC(C)=O)cc2)nnc(-c2ccccc2)c1-c1ccccc1.CCOC(=O)c1c(Nc2ccc(NC(C)=O)cc2)nnc(-c2ccccc2)c1-c1ccccc1. The van der Waals surface area contributed by atoms with Gasteiger partial charge in [0.05, 0.1) is 13.2 Å². The number of benzene rings is 6. The van der Waals surface area contributed by atoms with Crippen LogP contribution >= 0.6 is 0 Å². The normalized spacial score (nSPS) is 10.2. The molecule has 0 aliphatic rings. The standard InChI is InChI=1S/2C27H24N4O3.C2H6O/c2*1-3-34-27(33)24-23(19-10-6-4-7-11-19)25(20-12-8-5-9-13-20)30-31-26(24)29-22-16-14-21(15-17-22)28-18(2)32;1-2-3/h2*4-17H,3H2,1-2H3,(H,28,32)(H,29,31);3H,2H2,1H3. The van der Waals surface area contributed by atoms with Gasteiger partial charge in [-0.05, 0) is 80.4 Å². The van der Waals surface area contributed by atoms with E-state index in [1.165, 1.54) is 13.8 Å². The molecule has 0 bridgehead atoms. The van der Waals surface area contributed by atoms with Crippen LogP contribution in [0.5, 0.6) is 0 Å². The molecule has 0 fully saturated rings. The summed E-state index contributed by atoms with van der Waals surface area (Å²) in [5.74, 6) is -0.731. The summed E-state index contributed by atoms with van der Waals surface area (Å²) in [6.07, 6.45) is 0. The molecule has 0 radical (unpaired) electrons. The van der Waals surface area contributed by atoms with Crippen molar-refractivity contribution in [1.29, 1.82) is 0 Å². The minimum absolute atomic E-state index is 0.153. The molecule has 2 aromatic heterocycles. The highest BCUT2D eigenvalue weighted by molar-refractivity contribution is 6.07. The lowest BCUT2D eigenvalue weighted by atomic mass is 9.95. The third-order valence-corrected chi connectivity index (χ3v) is 10.1. The Morgan fingerprint density at radius 1 is 0.423 bits per heavy atom. The van der Waals surface area contributed by atoms with E-state index < -0.39 is 11.9 Å². The van der Waals surface area contributed by atoms with Crippen molar-refractivity contribution >= 4 is 58.1 Å². The Hall–Kier alpha value is -9.08. The number of hydrogen-bond acceptors (Lipinski definition) is 13. The molecule has 6 aromatic carbocycles. The summed E-state index contributed by atoms with van der Waals surface area (Å²) in [4.78, 5) is 49.1. The van der Waals surface area contributed by atoms with Crippen molar-refractivity contribution in [3.05, 3.63) is 181 Å². The summed E-state index contributed by atoms with van der Waals surface area (Å²) < 4.78 is 10.9. The van der Waals surface area contributed by atoms with Gasteiger partial charge in [0, 0.05) is 65.5 Å². The maximum atomic E-state index is 13.2. The summed E-state index contributed by atoms with van der Waals surface area (Å²) in [6.45, 7) is 8.81. The number of anilines is 6. The minimum atomic E-state index is -0.495. The van der Waals surface area contributed by atoms with Gasteiger partial charge in [0.1, 0.15) is 22.5 Å². The molecule has 0 unspecified atom stereocenters. The molecule has 2 heterocycles. The number of carbonyl (C=O) groups excluding carboxylic acids is 4. The second kappa shape index (κ2) is 25.9. The Morgan fingerprint density at radius 2 is 0.704 bits per heavy atom. The van der Waals surface area contributed by atoms with Crippen molar-refractivity contribution in [2.24, 2.45) is 0 Å². The summed E-state index contributed by atoms with van der Waals surface area (Å²) in [5, 5.41) is 37.2. The number of amides is 2. The Balaban J connectivity index is 0.000000220. The highest BCUT2D eigenvalue weighted by Gasteiger charge is 2.27. The van der Waals surface area contributed by atoms with Gasteiger partial charge in [0.15, 0.2) is 11.6 Å². The summed E-state index contributed by atoms with van der Waals surface area (Å²) >= 11 is 0. The lowest BCUT2D eigenvalue weighted by Gasteiger charge is -2.17. The van der Waals surface area contributed by atoms with Gasteiger partial charge in [0.25, 0.3) is 0 Å². The van der Waals surface area contributed by atoms with Crippen LogP contribution in [0.15, 0.2) is 170 Å². The van der Waals surface area contributed by atoms with Gasteiger partial charge < -0.3 is 35.8 Å². The van der Waals surface area contributed by atoms with Crippen LogP contribution in [0, 0.1) is 0 Å². The average molecular weight is 951 g/mol. The maximum absolute atomic E-state index is 13.2. The van der Waals surface area contributed by atoms with Crippen molar-refractivity contribution in [1.82, 2.24) is 20.4 Å². The van der Waals surface area contributed by atoms with E-state index in [4.69, 9.17) is 14.6 Å². The first kappa shape index (κ1) is 51.3. The predicted octanol–water partition coefficient (Wildman–Crippen LogP) is 11.4. The number of rotatable bonds is 14. The number of esters is 2. The molecule has 0 aliphatic heterocycles. The molecule has 0 saturated heterocycles. The van der Waals surface area contributed by atoms with E-state index in [-0.39, 0.29) is 43.3 Å². The Bertz CT molecular complexity index is 2810. The number of aliphatic hydroxyl groups excluding tert-OH is 1. The van der Waals surface area contributed by atoms with Gasteiger partial charge >= 0.3 is 11.9 Å². The molecular formula is C56H54N8O7. The number of aromatic nitrogens is 4. The first-order valence-electron chi connectivity index (χ1n) is 22.8. The van der Waals surface area contributed by atoms with Crippen molar-refractivity contribution in [2.75, 3.05) is 41.1 Å². The number of hydrogen-bond donors (Lipinski definition) is 5. The highest BCUT2D eigenvalue weighted by Crippen LogP contribution is 2.39. The van der Waals surface area contributed by atoms with Crippen molar-refractivity contribution in [2.45, 2.75) is 34.6 Å². The zero-order valence-electron chi connectivity index (χ0n) is 40.0. The van der Waals surface area contributed by atoms with Crippen LogP contribution in [-0.2, 0) is 19.1 Å². The van der Waals surface area contributed by atoms with Crippen LogP contribution in [0.3, 0.4) is 0 Å². The van der Waals surface area contributed by atoms with Gasteiger partial charge in [-0.1, -0.05) is 121 Å². The highest BCUT2D eigenvalue weighted by atomic mass is 16.5. The van der Waals surface area contributed by atoms with Crippen molar-refractivity contribution in [3.63, 3.8) is 0 Å². The fourth-order valence-electron chi connectivity index (χ4n) is 7.17. The van der Waals surface area contributed by atoms with E-state index >= 15 is 0 Å².